The van der Waals surface area contributed by atoms with E-state index in [1.807, 2.05) is 0 Å². The number of rotatable bonds is 7. The maximum absolute atomic E-state index is 13.1. The minimum Gasteiger partial charge on any atom is -0.457 e. The molecule has 8 nitrogen and oxygen atoms in total. The van der Waals surface area contributed by atoms with Crippen molar-refractivity contribution in [2.24, 2.45) is 0 Å². The van der Waals surface area contributed by atoms with Crippen LogP contribution in [0, 0.1) is 0 Å². The molecule has 0 bridgehead atoms. The van der Waals surface area contributed by atoms with Gasteiger partial charge in [-0.2, -0.15) is 18.2 Å². The number of amides is 2. The Hall–Kier alpha value is -4.64. The molecule has 0 saturated carbocycles. The predicted octanol–water partition coefficient (Wildman–Crippen LogP) is 5.46. The molecule has 4 aromatic rings. The normalized spacial score (nSPS) is 11.2. The Bertz CT molecular complexity index is 1440. The highest BCUT2D eigenvalue weighted by Crippen LogP contribution is 2.33. The molecule has 2 heterocycles. The van der Waals surface area contributed by atoms with E-state index in [1.54, 1.807) is 42.6 Å². The third kappa shape index (κ3) is 5.78. The van der Waals surface area contributed by atoms with Gasteiger partial charge in [-0.25, -0.2) is 0 Å². The van der Waals surface area contributed by atoms with Crippen LogP contribution in [0.15, 0.2) is 79.1 Å². The van der Waals surface area contributed by atoms with Gasteiger partial charge in [-0.15, -0.1) is 0 Å². The molecule has 37 heavy (non-hydrogen) atoms. The molecule has 2 aromatic heterocycles. The summed E-state index contributed by atoms with van der Waals surface area (Å²) in [5.74, 6) is -0.145. The maximum atomic E-state index is 13.1. The molecule has 11 heteroatoms. The zero-order valence-corrected chi connectivity index (χ0v) is 19.7. The number of hydroxylamine groups is 1. The van der Waals surface area contributed by atoms with Gasteiger partial charge < -0.3 is 15.0 Å². The fourth-order valence-electron chi connectivity index (χ4n) is 3.51. The minimum atomic E-state index is -4.56. The summed E-state index contributed by atoms with van der Waals surface area (Å²) in [6.07, 6.45) is -1.52. The zero-order valence-electron chi connectivity index (χ0n) is 19.7. The lowest BCUT2D eigenvalue weighted by Crippen LogP contribution is -2.30. The molecule has 0 fully saturated rings. The average Bonchev–Trinajstić information content (AvgIpc) is 3.39. The summed E-state index contributed by atoms with van der Waals surface area (Å²) in [7, 11) is 2.69. The number of ether oxygens (including phenoxy) is 1. The van der Waals surface area contributed by atoms with Crippen LogP contribution in [0.2, 0.25) is 0 Å². The third-order valence-corrected chi connectivity index (χ3v) is 5.28. The number of aromatic nitrogens is 2. The SMILES string of the molecule is CNC(=O)c1cc(Oc2cccc(-c3c[nH]c(C(=O)N(OC)c4cccc(C(F)(F)F)c4)c3)c2)ccn1. The van der Waals surface area contributed by atoms with Crippen LogP contribution in [-0.2, 0) is 11.0 Å². The molecule has 0 radical (unpaired) electrons. The first-order valence-corrected chi connectivity index (χ1v) is 10.9. The quantitative estimate of drug-likeness (QED) is 0.322. The van der Waals surface area contributed by atoms with Gasteiger partial charge in [-0.05, 0) is 48.0 Å². The van der Waals surface area contributed by atoms with Crippen LogP contribution in [0.3, 0.4) is 0 Å². The van der Waals surface area contributed by atoms with Gasteiger partial charge in [0.15, 0.2) is 0 Å². The summed E-state index contributed by atoms with van der Waals surface area (Å²) in [6.45, 7) is 0. The maximum Gasteiger partial charge on any atom is 0.416 e. The topological polar surface area (TPSA) is 96.5 Å². The van der Waals surface area contributed by atoms with E-state index in [-0.39, 0.29) is 23.0 Å². The van der Waals surface area contributed by atoms with E-state index in [4.69, 9.17) is 9.57 Å². The number of nitrogens with one attached hydrogen (secondary N) is 2. The molecule has 0 atom stereocenters. The van der Waals surface area contributed by atoms with E-state index < -0.39 is 17.6 Å². The zero-order chi connectivity index (χ0) is 26.6. The molecule has 2 amide bonds. The van der Waals surface area contributed by atoms with E-state index in [0.29, 0.717) is 22.6 Å². The summed E-state index contributed by atoms with van der Waals surface area (Å²) in [5.41, 5.74) is 0.673. The second kappa shape index (κ2) is 10.5. The van der Waals surface area contributed by atoms with Gasteiger partial charge in [-0.1, -0.05) is 18.2 Å². The lowest BCUT2D eigenvalue weighted by atomic mass is 10.1. The number of nitrogens with zero attached hydrogens (tertiary/aromatic N) is 2. The van der Waals surface area contributed by atoms with Gasteiger partial charge in [0.25, 0.3) is 11.8 Å². The number of hydrogen-bond donors (Lipinski definition) is 2. The number of benzene rings is 2. The van der Waals surface area contributed by atoms with Crippen molar-refractivity contribution >= 4 is 17.5 Å². The van der Waals surface area contributed by atoms with Crippen LogP contribution in [0.4, 0.5) is 18.9 Å². The molecule has 0 aliphatic rings. The largest absolute Gasteiger partial charge is 0.457 e. The highest BCUT2D eigenvalue weighted by atomic mass is 19.4. The van der Waals surface area contributed by atoms with Gasteiger partial charge in [0.1, 0.15) is 22.9 Å². The van der Waals surface area contributed by atoms with E-state index in [9.17, 15) is 22.8 Å². The number of alkyl halides is 3. The molecule has 0 unspecified atom stereocenters. The van der Waals surface area contributed by atoms with Gasteiger partial charge in [0.2, 0.25) is 0 Å². The van der Waals surface area contributed by atoms with Crippen LogP contribution < -0.4 is 15.1 Å². The van der Waals surface area contributed by atoms with Crippen molar-refractivity contribution in [1.82, 2.24) is 15.3 Å². The summed E-state index contributed by atoms with van der Waals surface area (Å²) in [5, 5.41) is 3.27. The van der Waals surface area contributed by atoms with Crippen LogP contribution >= 0.6 is 0 Å². The van der Waals surface area contributed by atoms with Gasteiger partial charge in [0, 0.05) is 31.1 Å². The van der Waals surface area contributed by atoms with Crippen LogP contribution in [0.25, 0.3) is 11.1 Å². The first kappa shape index (κ1) is 25.5. The average molecular weight is 510 g/mol. The highest BCUT2D eigenvalue weighted by molar-refractivity contribution is 6.04. The Morgan fingerprint density at radius 1 is 0.973 bits per heavy atom. The van der Waals surface area contributed by atoms with E-state index in [2.05, 4.69) is 15.3 Å². The fraction of sp³-hybridized carbons (Fsp3) is 0.115. The number of aromatic amines is 1. The smallest absolute Gasteiger partial charge is 0.416 e. The van der Waals surface area contributed by atoms with Gasteiger partial charge in [0.05, 0.1) is 18.4 Å². The Balaban J connectivity index is 1.55. The first-order chi connectivity index (χ1) is 17.7. The number of halogens is 3. The van der Waals surface area contributed by atoms with Crippen LogP contribution in [0.1, 0.15) is 26.5 Å². The number of H-pyrrole nitrogens is 1. The standard InChI is InChI=1S/C26H21F3N4O4/c1-30-24(34)22-14-21(9-10-31-22)37-20-8-3-5-16(11-20)17-12-23(32-15-17)25(35)33(36-2)19-7-4-6-18(13-19)26(27,28)29/h3-15,32H,1-2H3,(H,30,34). The second-order valence-corrected chi connectivity index (χ2v) is 7.72. The van der Waals surface area contributed by atoms with Crippen molar-refractivity contribution in [1.29, 1.82) is 0 Å². The molecule has 4 rings (SSSR count). The number of carbonyl (C=O) groups is 2. The van der Waals surface area contributed by atoms with Crippen molar-refractivity contribution in [3.05, 3.63) is 96.1 Å². The lowest BCUT2D eigenvalue weighted by molar-refractivity contribution is -0.137. The summed E-state index contributed by atoms with van der Waals surface area (Å²) in [4.78, 5) is 36.8. The van der Waals surface area contributed by atoms with Gasteiger partial charge in [-0.3, -0.25) is 19.4 Å². The predicted molar refractivity (Wildman–Crippen MR) is 129 cm³/mol. The molecule has 0 saturated heterocycles. The molecular weight excluding hydrogens is 489 g/mol. The van der Waals surface area contributed by atoms with Crippen molar-refractivity contribution < 1.29 is 32.3 Å². The molecule has 0 aliphatic heterocycles. The number of pyridine rings is 1. The van der Waals surface area contributed by atoms with E-state index in [0.717, 1.165) is 17.2 Å². The Morgan fingerprint density at radius 3 is 2.46 bits per heavy atom. The molecule has 2 N–H and O–H groups in total. The third-order valence-electron chi connectivity index (χ3n) is 5.28. The summed E-state index contributed by atoms with van der Waals surface area (Å²) < 4.78 is 45.2. The number of hydrogen-bond acceptors (Lipinski definition) is 5. The molecule has 190 valence electrons. The van der Waals surface area contributed by atoms with Gasteiger partial charge >= 0.3 is 6.18 Å². The number of anilines is 1. The lowest BCUT2D eigenvalue weighted by Gasteiger charge is -2.20. The van der Waals surface area contributed by atoms with E-state index in [1.165, 1.54) is 38.6 Å². The molecule has 0 spiro atoms. The minimum absolute atomic E-state index is 0.0673. The first-order valence-electron chi connectivity index (χ1n) is 10.9. The summed E-state index contributed by atoms with van der Waals surface area (Å²) >= 11 is 0. The van der Waals surface area contributed by atoms with Crippen LogP contribution in [0.5, 0.6) is 11.5 Å². The number of carbonyl (C=O) groups excluding carboxylic acids is 2. The molecule has 2 aromatic carbocycles. The van der Waals surface area contributed by atoms with E-state index >= 15 is 0 Å². The Labute approximate surface area is 209 Å². The fourth-order valence-corrected chi connectivity index (χ4v) is 3.51. The van der Waals surface area contributed by atoms with Crippen molar-refractivity contribution in [2.75, 3.05) is 19.2 Å². The highest BCUT2D eigenvalue weighted by Gasteiger charge is 2.31. The van der Waals surface area contributed by atoms with Crippen molar-refractivity contribution in [3.8, 4) is 22.6 Å². The van der Waals surface area contributed by atoms with Crippen LogP contribution in [-0.4, -0.2) is 35.9 Å². The monoisotopic (exact) mass is 510 g/mol. The van der Waals surface area contributed by atoms with Crippen molar-refractivity contribution in [3.63, 3.8) is 0 Å². The summed E-state index contributed by atoms with van der Waals surface area (Å²) in [6, 6.07) is 16.0. The molecular formula is C26H21F3N4O4. The Kier molecular flexibility index (Phi) is 7.25. The Morgan fingerprint density at radius 2 is 1.73 bits per heavy atom. The molecule has 0 aliphatic carbocycles. The van der Waals surface area contributed by atoms with Crippen molar-refractivity contribution in [2.45, 2.75) is 6.18 Å². The second-order valence-electron chi connectivity index (χ2n) is 7.72.